The first-order valence-corrected chi connectivity index (χ1v) is 6.10. The van der Waals surface area contributed by atoms with Crippen molar-refractivity contribution in [3.63, 3.8) is 0 Å². The second-order valence-electron chi connectivity index (χ2n) is 4.16. The lowest BCUT2D eigenvalue weighted by molar-refractivity contribution is 0.0836. The Morgan fingerprint density at radius 1 is 1.29 bits per heavy atom. The van der Waals surface area contributed by atoms with Crippen LogP contribution in [-0.2, 0) is 11.2 Å². The highest BCUT2D eigenvalue weighted by molar-refractivity contribution is 5.29. The smallest absolute Gasteiger partial charge is 0.119 e. The molecule has 1 aromatic carbocycles. The van der Waals surface area contributed by atoms with Crippen LogP contribution >= 0.6 is 0 Å². The van der Waals surface area contributed by atoms with Gasteiger partial charge < -0.3 is 14.8 Å². The number of nitrogens with one attached hydrogen (secondary N) is 1. The molecule has 0 radical (unpaired) electrons. The first kappa shape index (κ1) is 14.0. The molecular formula is C14H23NO2. The zero-order valence-electron chi connectivity index (χ0n) is 11.2. The summed E-state index contributed by atoms with van der Waals surface area (Å²) in [6.07, 6.45) is 1.14. The van der Waals surface area contributed by atoms with Crippen molar-refractivity contribution in [3.05, 3.63) is 29.8 Å². The SMILES string of the molecule is CCNC(Cc1cccc(OC)c1)C(C)OC. The highest BCUT2D eigenvalue weighted by atomic mass is 16.5. The standard InChI is InChI=1S/C14H23NO2/c1-5-15-14(11(2)16-3)10-12-7-6-8-13(9-12)17-4/h6-9,11,14-15H,5,10H2,1-4H3. The summed E-state index contributed by atoms with van der Waals surface area (Å²) in [7, 11) is 3.44. The number of benzene rings is 1. The van der Waals surface area contributed by atoms with Crippen LogP contribution in [0.5, 0.6) is 5.75 Å². The summed E-state index contributed by atoms with van der Waals surface area (Å²) in [5.41, 5.74) is 1.26. The van der Waals surface area contributed by atoms with Gasteiger partial charge in [0, 0.05) is 13.2 Å². The van der Waals surface area contributed by atoms with Crippen LogP contribution in [0.25, 0.3) is 0 Å². The van der Waals surface area contributed by atoms with Gasteiger partial charge in [-0.15, -0.1) is 0 Å². The molecule has 0 aliphatic rings. The maximum atomic E-state index is 5.40. The third-order valence-corrected chi connectivity index (χ3v) is 2.99. The van der Waals surface area contributed by atoms with E-state index in [0.717, 1.165) is 18.7 Å². The molecule has 0 bridgehead atoms. The monoisotopic (exact) mass is 237 g/mol. The van der Waals surface area contributed by atoms with Gasteiger partial charge in [0.15, 0.2) is 0 Å². The maximum Gasteiger partial charge on any atom is 0.119 e. The Morgan fingerprint density at radius 2 is 2.06 bits per heavy atom. The van der Waals surface area contributed by atoms with Crippen molar-refractivity contribution >= 4 is 0 Å². The fourth-order valence-corrected chi connectivity index (χ4v) is 1.88. The predicted octanol–water partition coefficient (Wildman–Crippen LogP) is 2.25. The van der Waals surface area contributed by atoms with Crippen molar-refractivity contribution in [1.29, 1.82) is 0 Å². The molecule has 0 spiro atoms. The van der Waals surface area contributed by atoms with E-state index in [4.69, 9.17) is 9.47 Å². The Kier molecular flexibility index (Phi) is 6.01. The summed E-state index contributed by atoms with van der Waals surface area (Å²) in [5.74, 6) is 0.905. The van der Waals surface area contributed by atoms with Crippen molar-refractivity contribution in [3.8, 4) is 5.75 Å². The lowest BCUT2D eigenvalue weighted by Gasteiger charge is -2.23. The van der Waals surface area contributed by atoms with E-state index in [9.17, 15) is 0 Å². The third-order valence-electron chi connectivity index (χ3n) is 2.99. The van der Waals surface area contributed by atoms with Crippen LogP contribution in [0.15, 0.2) is 24.3 Å². The minimum atomic E-state index is 0.196. The molecule has 0 aromatic heterocycles. The Labute approximate surface area is 104 Å². The van der Waals surface area contributed by atoms with Crippen LogP contribution in [0.1, 0.15) is 19.4 Å². The number of likely N-dealkylation sites (N-methyl/N-ethyl adjacent to an activating group) is 1. The van der Waals surface area contributed by atoms with Gasteiger partial charge in [-0.3, -0.25) is 0 Å². The largest absolute Gasteiger partial charge is 0.497 e. The quantitative estimate of drug-likeness (QED) is 0.789. The van der Waals surface area contributed by atoms with Gasteiger partial charge in [0.05, 0.1) is 13.2 Å². The minimum Gasteiger partial charge on any atom is -0.497 e. The van der Waals surface area contributed by atoms with Crippen molar-refractivity contribution < 1.29 is 9.47 Å². The molecule has 17 heavy (non-hydrogen) atoms. The molecule has 3 heteroatoms. The molecular weight excluding hydrogens is 214 g/mol. The molecule has 0 saturated heterocycles. The summed E-state index contributed by atoms with van der Waals surface area (Å²) >= 11 is 0. The van der Waals surface area contributed by atoms with Crippen molar-refractivity contribution in [2.45, 2.75) is 32.4 Å². The lowest BCUT2D eigenvalue weighted by Crippen LogP contribution is -2.40. The molecule has 0 fully saturated rings. The van der Waals surface area contributed by atoms with Gasteiger partial charge in [-0.1, -0.05) is 19.1 Å². The summed E-state index contributed by atoms with van der Waals surface area (Å²) in [6, 6.07) is 8.51. The van der Waals surface area contributed by atoms with Crippen molar-refractivity contribution in [1.82, 2.24) is 5.32 Å². The fourth-order valence-electron chi connectivity index (χ4n) is 1.88. The molecule has 1 rings (SSSR count). The number of hydrogen-bond acceptors (Lipinski definition) is 3. The second-order valence-corrected chi connectivity index (χ2v) is 4.16. The van der Waals surface area contributed by atoms with Gasteiger partial charge in [0.1, 0.15) is 5.75 Å². The molecule has 0 heterocycles. The molecule has 3 nitrogen and oxygen atoms in total. The summed E-state index contributed by atoms with van der Waals surface area (Å²) in [4.78, 5) is 0. The average Bonchev–Trinajstić information content (AvgIpc) is 2.37. The maximum absolute atomic E-state index is 5.40. The Balaban J connectivity index is 2.70. The van der Waals surface area contributed by atoms with Gasteiger partial charge in [0.25, 0.3) is 0 Å². The molecule has 1 N–H and O–H groups in total. The number of methoxy groups -OCH3 is 2. The molecule has 2 atom stereocenters. The van der Waals surface area contributed by atoms with Gasteiger partial charge >= 0.3 is 0 Å². The van der Waals surface area contributed by atoms with Gasteiger partial charge in [-0.05, 0) is 37.6 Å². The van der Waals surface area contributed by atoms with E-state index in [2.05, 4.69) is 31.3 Å². The normalized spacial score (nSPS) is 14.4. The van der Waals surface area contributed by atoms with E-state index in [1.165, 1.54) is 5.56 Å². The molecule has 1 aromatic rings. The summed E-state index contributed by atoms with van der Waals surface area (Å²) in [5, 5.41) is 3.45. The van der Waals surface area contributed by atoms with Crippen LogP contribution in [0.2, 0.25) is 0 Å². The molecule has 96 valence electrons. The predicted molar refractivity (Wildman–Crippen MR) is 70.6 cm³/mol. The van der Waals surface area contributed by atoms with Gasteiger partial charge in [-0.25, -0.2) is 0 Å². The Hall–Kier alpha value is -1.06. The van der Waals surface area contributed by atoms with Crippen LogP contribution in [0, 0.1) is 0 Å². The molecule has 2 unspecified atom stereocenters. The molecule has 0 saturated carbocycles. The number of hydrogen-bond donors (Lipinski definition) is 1. The Morgan fingerprint density at radius 3 is 2.65 bits per heavy atom. The van der Waals surface area contributed by atoms with Crippen LogP contribution in [0.4, 0.5) is 0 Å². The second kappa shape index (κ2) is 7.30. The van der Waals surface area contributed by atoms with Gasteiger partial charge in [-0.2, -0.15) is 0 Å². The number of rotatable bonds is 7. The highest BCUT2D eigenvalue weighted by Gasteiger charge is 2.16. The zero-order chi connectivity index (χ0) is 12.7. The Bertz CT molecular complexity index is 328. The van der Waals surface area contributed by atoms with E-state index < -0.39 is 0 Å². The average molecular weight is 237 g/mol. The molecule has 0 aliphatic heterocycles. The first-order valence-electron chi connectivity index (χ1n) is 6.10. The fraction of sp³-hybridized carbons (Fsp3) is 0.571. The third kappa shape index (κ3) is 4.36. The van der Waals surface area contributed by atoms with E-state index in [0.29, 0.717) is 6.04 Å². The van der Waals surface area contributed by atoms with Crippen LogP contribution < -0.4 is 10.1 Å². The van der Waals surface area contributed by atoms with Crippen LogP contribution in [-0.4, -0.2) is 32.9 Å². The highest BCUT2D eigenvalue weighted by Crippen LogP contribution is 2.15. The van der Waals surface area contributed by atoms with Crippen LogP contribution in [0.3, 0.4) is 0 Å². The summed E-state index contributed by atoms with van der Waals surface area (Å²) < 4.78 is 10.6. The topological polar surface area (TPSA) is 30.5 Å². The first-order chi connectivity index (χ1) is 8.21. The zero-order valence-corrected chi connectivity index (χ0v) is 11.2. The lowest BCUT2D eigenvalue weighted by atomic mass is 10.0. The van der Waals surface area contributed by atoms with E-state index in [-0.39, 0.29) is 6.10 Å². The van der Waals surface area contributed by atoms with E-state index in [1.807, 2.05) is 12.1 Å². The molecule has 0 amide bonds. The summed E-state index contributed by atoms with van der Waals surface area (Å²) in [6.45, 7) is 5.15. The van der Waals surface area contributed by atoms with E-state index >= 15 is 0 Å². The van der Waals surface area contributed by atoms with Crippen molar-refractivity contribution in [2.24, 2.45) is 0 Å². The van der Waals surface area contributed by atoms with Crippen molar-refractivity contribution in [2.75, 3.05) is 20.8 Å². The minimum absolute atomic E-state index is 0.196. The molecule has 0 aliphatic carbocycles. The number of ether oxygens (including phenoxy) is 2. The van der Waals surface area contributed by atoms with Gasteiger partial charge in [0.2, 0.25) is 0 Å². The van der Waals surface area contributed by atoms with E-state index in [1.54, 1.807) is 14.2 Å².